The van der Waals surface area contributed by atoms with E-state index in [0.29, 0.717) is 5.56 Å². The van der Waals surface area contributed by atoms with Gasteiger partial charge in [-0.15, -0.1) is 0 Å². The minimum absolute atomic E-state index is 0.0109. The molecule has 52 heavy (non-hydrogen) atoms. The van der Waals surface area contributed by atoms with Crippen molar-refractivity contribution in [1.29, 1.82) is 0 Å². The Morgan fingerprint density at radius 1 is 1.12 bits per heavy atom. The van der Waals surface area contributed by atoms with Crippen LogP contribution in [0.15, 0.2) is 60.9 Å². The minimum Gasteiger partial charge on any atom is -0.465 e. The first-order chi connectivity index (χ1) is 24.6. The van der Waals surface area contributed by atoms with Crippen molar-refractivity contribution in [3.63, 3.8) is 0 Å². The molecule has 3 amide bonds. The maximum Gasteiger partial charge on any atom is 0.408 e. The first-order valence-electron chi connectivity index (χ1n) is 15.7. The van der Waals surface area contributed by atoms with Crippen LogP contribution >= 0.6 is 22.6 Å². The van der Waals surface area contributed by atoms with Gasteiger partial charge in [0, 0.05) is 24.7 Å². The molecule has 5 heterocycles. The van der Waals surface area contributed by atoms with Crippen molar-refractivity contribution in [2.24, 2.45) is 0 Å². The van der Waals surface area contributed by atoms with Crippen molar-refractivity contribution in [2.75, 3.05) is 11.9 Å². The van der Waals surface area contributed by atoms with E-state index in [2.05, 4.69) is 35.7 Å². The summed E-state index contributed by atoms with van der Waals surface area (Å²) >= 11 is 1.84. The van der Waals surface area contributed by atoms with Gasteiger partial charge >= 0.3 is 6.09 Å². The largest absolute Gasteiger partial charge is 0.465 e. The molecule has 6 rings (SSSR count). The number of halogens is 5. The van der Waals surface area contributed by atoms with E-state index in [1.54, 1.807) is 30.3 Å². The molecule has 13 nitrogen and oxygen atoms in total. The second-order valence-corrected chi connectivity index (χ2v) is 14.0. The normalized spacial score (nSPS) is 15.2. The fourth-order valence-electron chi connectivity index (χ4n) is 6.08. The quantitative estimate of drug-likeness (QED) is 0.0617. The van der Waals surface area contributed by atoms with Crippen molar-refractivity contribution >= 4 is 57.3 Å². The first-order valence-corrected chi connectivity index (χ1v) is 17.0. The molecule has 270 valence electrons. The molecule has 4 aromatic heterocycles. The number of carbonyl (C=O) groups excluding carboxylic acids is 2. The molecule has 0 fully saturated rings. The number of carboxylic acid groups (broad SMARTS) is 1. The van der Waals surface area contributed by atoms with E-state index in [9.17, 15) is 37.1 Å². The molecule has 1 aromatic carbocycles. The maximum atomic E-state index is 14.6. The molecule has 0 aliphatic carbocycles. The summed E-state index contributed by atoms with van der Waals surface area (Å²) in [5.74, 6) is -3.09. The number of hydrogen-bond donors (Lipinski definition) is 3. The number of alkyl halides is 3. The Bertz CT molecular complexity index is 2200. The molecule has 0 bridgehead atoms. The number of aromatic nitrogens is 6. The van der Waals surface area contributed by atoms with E-state index in [4.69, 9.17) is 0 Å². The average molecular weight is 832 g/mol. The number of nitrogens with one attached hydrogen (secondary N) is 2. The SMILES string of the molecule is CC1(C)C(=O)Nc2nc(-c3nn(Cc4ncccc4F)c4ncc(F)cc34)nc(C(=O)NCC(C)(CC(F)F)N(C(=O)O)C(I)c3ccccc3)c21. The Kier molecular flexibility index (Phi) is 9.86. The first kappa shape index (κ1) is 36.5. The molecular formula is C34H30F4IN9O4. The summed E-state index contributed by atoms with van der Waals surface area (Å²) in [6.07, 6.45) is -3.03. The second-order valence-electron chi connectivity index (χ2n) is 12.8. The van der Waals surface area contributed by atoms with Gasteiger partial charge in [-0.1, -0.05) is 52.9 Å². The predicted molar refractivity (Wildman–Crippen MR) is 188 cm³/mol. The zero-order chi connectivity index (χ0) is 37.5. The number of hydrogen-bond acceptors (Lipinski definition) is 8. The highest BCUT2D eigenvalue weighted by Gasteiger charge is 2.46. The smallest absolute Gasteiger partial charge is 0.408 e. The number of anilines is 1. The molecule has 1 aliphatic heterocycles. The number of carbonyl (C=O) groups is 3. The van der Waals surface area contributed by atoms with Crippen LogP contribution in [-0.2, 0) is 16.8 Å². The Labute approximate surface area is 307 Å². The minimum atomic E-state index is -2.95. The molecule has 1 aliphatic rings. The number of pyridine rings is 2. The number of amides is 3. The maximum absolute atomic E-state index is 14.6. The van der Waals surface area contributed by atoms with Crippen LogP contribution in [-0.4, -0.2) is 76.1 Å². The number of rotatable bonds is 11. The summed E-state index contributed by atoms with van der Waals surface area (Å²) in [6, 6.07) is 12.2. The van der Waals surface area contributed by atoms with E-state index in [1.165, 1.54) is 43.8 Å². The van der Waals surface area contributed by atoms with Crippen LogP contribution in [0.5, 0.6) is 0 Å². The summed E-state index contributed by atoms with van der Waals surface area (Å²) in [6.45, 7) is 3.58. The zero-order valence-corrected chi connectivity index (χ0v) is 29.9. The van der Waals surface area contributed by atoms with E-state index < -0.39 is 63.9 Å². The van der Waals surface area contributed by atoms with Crippen LogP contribution in [0, 0.1) is 11.6 Å². The van der Waals surface area contributed by atoms with E-state index in [-0.39, 0.29) is 51.9 Å². The average Bonchev–Trinajstić information content (AvgIpc) is 3.55. The van der Waals surface area contributed by atoms with E-state index in [1.807, 2.05) is 22.6 Å². The lowest BCUT2D eigenvalue weighted by atomic mass is 9.85. The van der Waals surface area contributed by atoms with Crippen molar-refractivity contribution in [2.45, 2.75) is 55.2 Å². The third-order valence-electron chi connectivity index (χ3n) is 8.76. The lowest BCUT2D eigenvalue weighted by Crippen LogP contribution is -2.57. The van der Waals surface area contributed by atoms with Gasteiger partial charge in [-0.3, -0.25) is 19.5 Å². The second kappa shape index (κ2) is 14.0. The van der Waals surface area contributed by atoms with Crippen LogP contribution in [0.1, 0.15) is 58.5 Å². The topological polar surface area (TPSA) is 168 Å². The van der Waals surface area contributed by atoms with Crippen molar-refractivity contribution in [1.82, 2.24) is 39.9 Å². The Morgan fingerprint density at radius 2 is 1.85 bits per heavy atom. The highest BCUT2D eigenvalue weighted by Crippen LogP contribution is 2.41. The van der Waals surface area contributed by atoms with Crippen LogP contribution in [0.25, 0.3) is 22.6 Å². The van der Waals surface area contributed by atoms with E-state index >= 15 is 0 Å². The molecule has 0 spiro atoms. The van der Waals surface area contributed by atoms with Crippen molar-refractivity contribution in [3.8, 4) is 11.5 Å². The van der Waals surface area contributed by atoms with Crippen molar-refractivity contribution < 1.29 is 37.1 Å². The summed E-state index contributed by atoms with van der Waals surface area (Å²) < 4.78 is 57.6. The molecule has 2 unspecified atom stereocenters. The third-order valence-corrected chi connectivity index (χ3v) is 10.0. The monoisotopic (exact) mass is 831 g/mol. The van der Waals surface area contributed by atoms with Crippen molar-refractivity contribution in [3.05, 3.63) is 95.1 Å². The number of nitrogens with zero attached hydrogens (tertiary/aromatic N) is 7. The molecule has 5 aromatic rings. The Balaban J connectivity index is 1.42. The third kappa shape index (κ3) is 6.85. The predicted octanol–water partition coefficient (Wildman–Crippen LogP) is 6.10. The lowest BCUT2D eigenvalue weighted by molar-refractivity contribution is -0.119. The summed E-state index contributed by atoms with van der Waals surface area (Å²) in [4.78, 5) is 57.8. The van der Waals surface area contributed by atoms with Gasteiger partial charge in [-0.05, 0) is 44.5 Å². The van der Waals surface area contributed by atoms with Gasteiger partial charge < -0.3 is 15.7 Å². The Morgan fingerprint density at radius 3 is 2.52 bits per heavy atom. The molecule has 2 atom stereocenters. The van der Waals surface area contributed by atoms with Gasteiger partial charge in [0.05, 0.1) is 34.8 Å². The fraction of sp³-hybridized carbons (Fsp3) is 0.294. The molecule has 0 saturated carbocycles. The highest BCUT2D eigenvalue weighted by atomic mass is 127. The Hall–Kier alpha value is -5.27. The van der Waals surface area contributed by atoms with Gasteiger partial charge in [-0.2, -0.15) is 5.10 Å². The molecule has 0 saturated heterocycles. The van der Waals surface area contributed by atoms with Crippen LogP contribution in [0.4, 0.5) is 28.2 Å². The number of fused-ring (bicyclic) bond motifs is 2. The van der Waals surface area contributed by atoms with Crippen LogP contribution in [0.3, 0.4) is 0 Å². The molecule has 18 heteroatoms. The molecular weight excluding hydrogens is 801 g/mol. The lowest BCUT2D eigenvalue weighted by Gasteiger charge is -2.42. The van der Waals surface area contributed by atoms with E-state index in [0.717, 1.165) is 17.2 Å². The summed E-state index contributed by atoms with van der Waals surface area (Å²) in [5.41, 5.74) is -2.83. The van der Waals surface area contributed by atoms with Crippen LogP contribution < -0.4 is 10.6 Å². The number of benzene rings is 1. The van der Waals surface area contributed by atoms with Gasteiger partial charge in [0.2, 0.25) is 12.3 Å². The van der Waals surface area contributed by atoms with Crippen LogP contribution in [0.2, 0.25) is 0 Å². The van der Waals surface area contributed by atoms with Gasteiger partial charge in [0.25, 0.3) is 5.91 Å². The summed E-state index contributed by atoms with van der Waals surface area (Å²) in [7, 11) is 0. The zero-order valence-electron chi connectivity index (χ0n) is 27.7. The standard InChI is InChI=1S/C34H30F4IN9O4/c1-33(2)23-25(30(49)42-16-34(3,13-22(37)38)48(32(51)52)26(39)17-8-5-4-6-9-17)43-28(44-27(23)45-31(33)50)24-19-12-18(35)14-41-29(19)47(46-24)15-21-20(36)10-7-11-40-21/h4-12,14,22,26H,13,15-16H2,1-3H3,(H,42,49)(H,51,52)(H,43,44,45,50). The fourth-order valence-corrected chi connectivity index (χ4v) is 7.41. The highest BCUT2D eigenvalue weighted by molar-refractivity contribution is 14.1. The van der Waals surface area contributed by atoms with Gasteiger partial charge in [0.1, 0.15) is 32.9 Å². The molecule has 0 radical (unpaired) electrons. The van der Waals surface area contributed by atoms with Gasteiger partial charge in [-0.25, -0.2) is 42.0 Å². The summed E-state index contributed by atoms with van der Waals surface area (Å²) in [5, 5.41) is 20.1. The van der Waals surface area contributed by atoms with Gasteiger partial charge in [0.15, 0.2) is 11.5 Å². The molecule has 3 N–H and O–H groups in total.